The Balaban J connectivity index is 0.00000120. The van der Waals surface area contributed by atoms with Crippen LogP contribution in [0.1, 0.15) is 278 Å². The number of allylic oxidation sites excluding steroid dienone is 8. The van der Waals surface area contributed by atoms with Crippen LogP contribution in [0.5, 0.6) is 11.5 Å². The normalized spacial score (nSPS) is 12.0. The van der Waals surface area contributed by atoms with Crippen molar-refractivity contribution in [2.24, 2.45) is 35.5 Å². The molecule has 0 fully saturated rings. The third-order valence-corrected chi connectivity index (χ3v) is 22.4. The lowest BCUT2D eigenvalue weighted by Gasteiger charge is -2.13. The van der Waals surface area contributed by atoms with Crippen molar-refractivity contribution in [2.75, 3.05) is 20.0 Å². The van der Waals surface area contributed by atoms with Gasteiger partial charge in [-0.2, -0.15) is 0 Å². The summed E-state index contributed by atoms with van der Waals surface area (Å²) in [5.41, 5.74) is 14.0. The average molecular weight is 1500 g/mol. The van der Waals surface area contributed by atoms with E-state index in [1.807, 2.05) is 126 Å². The molecule has 0 saturated carbocycles. The molecule has 0 N–H and O–H groups in total. The molecule has 13 heteroatoms. The van der Waals surface area contributed by atoms with Crippen LogP contribution in [-0.2, 0) is 58.1 Å². The fourth-order valence-electron chi connectivity index (χ4n) is 10.7. The first-order valence-electron chi connectivity index (χ1n) is 39.1. The highest BCUT2D eigenvalue weighted by molar-refractivity contribution is 7.92. The first-order valence-corrected chi connectivity index (χ1v) is 42.3. The highest BCUT2D eigenvalue weighted by Crippen LogP contribution is 2.33. The van der Waals surface area contributed by atoms with E-state index < -0.39 is 19.7 Å². The minimum Gasteiger partial charge on any atom is -0.496 e. The van der Waals surface area contributed by atoms with Gasteiger partial charge in [0.25, 0.3) is 0 Å². The summed E-state index contributed by atoms with van der Waals surface area (Å²) in [4.78, 5) is 58.4. The summed E-state index contributed by atoms with van der Waals surface area (Å²) < 4.78 is 55.1. The lowest BCUT2D eigenvalue weighted by molar-refractivity contribution is -0.122. The Labute approximate surface area is 645 Å². The van der Waals surface area contributed by atoms with E-state index >= 15 is 0 Å². The van der Waals surface area contributed by atoms with E-state index in [-0.39, 0.29) is 63.2 Å². The second-order valence-corrected chi connectivity index (χ2v) is 35.8. The molecule has 5 aromatic rings. The third-order valence-electron chi connectivity index (χ3n) is 17.9. The molecule has 0 saturated heterocycles. The van der Waals surface area contributed by atoms with Crippen molar-refractivity contribution < 1.29 is 50.3 Å². The van der Waals surface area contributed by atoms with Crippen molar-refractivity contribution in [2.45, 2.75) is 277 Å². The van der Waals surface area contributed by atoms with Gasteiger partial charge in [-0.05, 0) is 177 Å². The lowest BCUT2D eigenvalue weighted by Crippen LogP contribution is -2.15. The van der Waals surface area contributed by atoms with E-state index in [2.05, 4.69) is 107 Å². The van der Waals surface area contributed by atoms with Gasteiger partial charge in [-0.25, -0.2) is 16.8 Å². The van der Waals surface area contributed by atoms with Crippen LogP contribution in [0.4, 0.5) is 0 Å². The maximum Gasteiger partial charge on any atom is 0.180 e. The molecule has 5 aromatic carbocycles. The van der Waals surface area contributed by atoms with E-state index in [1.54, 1.807) is 79.2 Å². The van der Waals surface area contributed by atoms with Crippen LogP contribution in [0.2, 0.25) is 0 Å². The molecular formula is C93H140O11S2. The number of carbonyl (C=O) groups excluding carboxylic acids is 5. The molecule has 0 spiro atoms. The van der Waals surface area contributed by atoms with Crippen LogP contribution in [-0.4, -0.2) is 76.2 Å². The van der Waals surface area contributed by atoms with Crippen molar-refractivity contribution in [3.63, 3.8) is 0 Å². The quantitative estimate of drug-likeness (QED) is 0.0179. The number of Topliss-reactive ketones (excluding diaryl/α,β-unsaturated/α-hetero) is 4. The van der Waals surface area contributed by atoms with E-state index in [9.17, 15) is 40.8 Å². The molecule has 0 heterocycles. The van der Waals surface area contributed by atoms with Crippen LogP contribution in [0.15, 0.2) is 156 Å². The third kappa shape index (κ3) is 40.2. The van der Waals surface area contributed by atoms with Crippen molar-refractivity contribution >= 4 is 59.7 Å². The van der Waals surface area contributed by atoms with Crippen molar-refractivity contribution in [1.29, 1.82) is 0 Å². The topological polar surface area (TPSA) is 172 Å². The molecular weight excluding hydrogens is 1360 g/mol. The van der Waals surface area contributed by atoms with Gasteiger partial charge in [0.2, 0.25) is 0 Å². The van der Waals surface area contributed by atoms with E-state index in [0.717, 1.165) is 73.1 Å². The Kier molecular flexibility index (Phi) is 50.1. The Bertz CT molecular complexity index is 3730. The van der Waals surface area contributed by atoms with Crippen molar-refractivity contribution in [3.05, 3.63) is 195 Å². The Morgan fingerprint density at radius 3 is 1.42 bits per heavy atom. The summed E-state index contributed by atoms with van der Waals surface area (Å²) in [6, 6.07) is 37.7. The highest BCUT2D eigenvalue weighted by Gasteiger charge is 2.23. The predicted molar refractivity (Wildman–Crippen MR) is 451 cm³/mol. The summed E-state index contributed by atoms with van der Waals surface area (Å²) in [6.45, 7) is 44.7. The van der Waals surface area contributed by atoms with Gasteiger partial charge in [0.1, 0.15) is 23.1 Å². The fourth-order valence-corrected chi connectivity index (χ4v) is 12.5. The number of methoxy groups -OCH3 is 2. The largest absolute Gasteiger partial charge is 0.496 e. The summed E-state index contributed by atoms with van der Waals surface area (Å²) in [7, 11) is -2.65. The average Bonchev–Trinajstić information content (AvgIpc) is 1.37. The van der Waals surface area contributed by atoms with Gasteiger partial charge in [-0.15, -0.1) is 0 Å². The van der Waals surface area contributed by atoms with E-state index in [0.29, 0.717) is 39.9 Å². The summed E-state index contributed by atoms with van der Waals surface area (Å²) in [6.07, 6.45) is 26.3. The first kappa shape index (κ1) is 98.9. The van der Waals surface area contributed by atoms with Gasteiger partial charge in [-0.3, -0.25) is 24.0 Å². The number of sulfone groups is 2. The minimum absolute atomic E-state index is 0.0304. The standard InChI is InChI=1S/C15H18O.C14H28O.C13H18O3.C13H14O.C13H22O.C10H14O2S.C10H14.C5H12O2S/c1-11(2)15(16)10-9-13-8-7-12-5-3-4-6-14(12)13;1-4-5-6-7-8-9-10-11-12-14(15)13(2)3;1-8(2)13(14)10-6-11(15-4)9(3)12(7-10)16-5;1-9(2)13(14)12-8-7-10-5-3-4-6-11(10)12;1-10(2)7-6-8-12(5)9-13(14)11(3)4;1-8(2)13(11,12)10-6-4-9(3)5-7-10;1-9(2)8-10-6-4-3-5-7-10;1-4-8(6,7)5(2)3/h3-6,8,11H,7,9-10H2,1-2H3;13H,4-12H2,1-3H3;6-8H,1-5H3;3-6,8-9H,7H2,1-2H3;7,9,11H,6,8H2,1-5H3;4-8H,1-3H3;3-7,9H,8H2,1-2H3;5H,4H2,1-3H3/b;;;;12-9+;;;. The zero-order chi connectivity index (χ0) is 80.9. The molecule has 0 amide bonds. The van der Waals surface area contributed by atoms with Gasteiger partial charge < -0.3 is 9.47 Å². The number of hydrogen-bond acceptors (Lipinski definition) is 11. The summed E-state index contributed by atoms with van der Waals surface area (Å²) >= 11 is 0. The molecule has 590 valence electrons. The molecule has 7 rings (SSSR count). The van der Waals surface area contributed by atoms with Gasteiger partial charge in [-0.1, -0.05) is 268 Å². The lowest BCUT2D eigenvalue weighted by atomic mass is 9.96. The minimum atomic E-state index is -3.09. The number of unbranched alkanes of at least 4 members (excludes halogenated alkanes) is 7. The maximum absolute atomic E-state index is 11.9. The highest BCUT2D eigenvalue weighted by atomic mass is 32.2. The van der Waals surface area contributed by atoms with Gasteiger partial charge in [0.15, 0.2) is 37.0 Å². The smallest absolute Gasteiger partial charge is 0.180 e. The molecule has 11 nitrogen and oxygen atoms in total. The predicted octanol–water partition coefficient (Wildman–Crippen LogP) is 23.9. The number of carbonyl (C=O) groups is 5. The zero-order valence-electron chi connectivity index (χ0n) is 70.2. The number of ketones is 5. The van der Waals surface area contributed by atoms with Gasteiger partial charge in [0.05, 0.1) is 29.6 Å². The molecule has 0 bridgehead atoms. The SMILES string of the molecule is CC(C)=CCC/C(C)=C/C(=O)C(C)C.CC(C)C(=O)C1=CCc2ccccc21.CC(C)C(=O)CCC1=CCc2ccccc21.CC(C)Cc1ccccc1.CCCCCCCCCCC(=O)C(C)C.CCS(=O)(=O)C(C)C.COc1cc(C(=O)C(C)C)cc(OC)c1C.Cc1ccc(S(=O)(=O)C(C)C)cc1. The van der Waals surface area contributed by atoms with Crippen LogP contribution in [0.25, 0.3) is 11.1 Å². The zero-order valence-corrected chi connectivity index (χ0v) is 71.9. The second kappa shape index (κ2) is 53.7. The number of rotatable bonds is 31. The molecule has 0 radical (unpaired) electrons. The van der Waals surface area contributed by atoms with Crippen LogP contribution in [0, 0.1) is 49.4 Å². The molecule has 0 aromatic heterocycles. The van der Waals surface area contributed by atoms with E-state index in [1.165, 1.54) is 90.3 Å². The van der Waals surface area contributed by atoms with Gasteiger partial charge in [0, 0.05) is 64.9 Å². The van der Waals surface area contributed by atoms with Crippen molar-refractivity contribution in [3.8, 4) is 11.5 Å². The fraction of sp³-hybridized carbons (Fsp3) is 0.538. The number of aryl methyl sites for hydroxylation is 1. The number of benzene rings is 5. The van der Waals surface area contributed by atoms with E-state index in [4.69, 9.17) is 9.47 Å². The molecule has 0 unspecified atom stereocenters. The second-order valence-electron chi connectivity index (χ2n) is 30.4. The monoisotopic (exact) mass is 1500 g/mol. The van der Waals surface area contributed by atoms with Crippen molar-refractivity contribution in [1.82, 2.24) is 0 Å². The summed E-state index contributed by atoms with van der Waals surface area (Å²) in [5.74, 6) is 4.35. The van der Waals surface area contributed by atoms with Crippen LogP contribution in [0.3, 0.4) is 0 Å². The Hall–Kier alpha value is -7.09. The van der Waals surface area contributed by atoms with Crippen LogP contribution < -0.4 is 9.47 Å². The maximum atomic E-state index is 11.9. The van der Waals surface area contributed by atoms with Crippen LogP contribution >= 0.6 is 0 Å². The molecule has 2 aliphatic carbocycles. The Morgan fingerprint density at radius 2 is 0.972 bits per heavy atom. The molecule has 0 atom stereocenters. The number of fused-ring (bicyclic) bond motifs is 2. The number of hydrogen-bond donors (Lipinski definition) is 0. The number of ether oxygens (including phenoxy) is 2. The Morgan fingerprint density at radius 1 is 0.500 bits per heavy atom. The molecule has 106 heavy (non-hydrogen) atoms. The van der Waals surface area contributed by atoms with Gasteiger partial charge >= 0.3 is 0 Å². The molecule has 2 aliphatic rings. The summed E-state index contributed by atoms with van der Waals surface area (Å²) in [5, 5.41) is -0.567. The first-order chi connectivity index (χ1) is 49.7. The molecule has 0 aliphatic heterocycles.